The van der Waals surface area contributed by atoms with E-state index in [1.165, 1.54) is 10.9 Å². The van der Waals surface area contributed by atoms with Crippen molar-refractivity contribution in [1.82, 2.24) is 5.32 Å². The Hall–Kier alpha value is -2.14. The van der Waals surface area contributed by atoms with Gasteiger partial charge in [0.1, 0.15) is 0 Å². The Morgan fingerprint density at radius 1 is 1.29 bits per heavy atom. The number of aryl methyl sites for hydroxylation is 1. The van der Waals surface area contributed by atoms with Crippen molar-refractivity contribution in [3.05, 3.63) is 46.9 Å². The summed E-state index contributed by atoms with van der Waals surface area (Å²) < 4.78 is 1.07. The molecule has 5 heteroatoms. The highest BCUT2D eigenvalue weighted by molar-refractivity contribution is 7.17. The van der Waals surface area contributed by atoms with Gasteiger partial charge in [0.2, 0.25) is 0 Å². The molecular weight excluding hydrogens is 322 g/mol. The molecule has 0 aliphatic heterocycles. The van der Waals surface area contributed by atoms with Crippen molar-refractivity contribution in [2.24, 2.45) is 0 Å². The van der Waals surface area contributed by atoms with E-state index in [2.05, 4.69) is 30.6 Å². The third-order valence-corrected chi connectivity index (χ3v) is 4.58. The van der Waals surface area contributed by atoms with Crippen LogP contribution in [0.25, 0.3) is 10.1 Å². The number of carbonyl (C=O) groups is 2. The van der Waals surface area contributed by atoms with Gasteiger partial charge in [-0.15, -0.1) is 11.3 Å². The summed E-state index contributed by atoms with van der Waals surface area (Å²) in [6.07, 6.45) is 7.05. The predicted octanol–water partition coefficient (Wildman–Crippen LogP) is 4.78. The molecule has 0 fully saturated rings. The number of nitrogens with one attached hydrogen (secondary N) is 1. The summed E-state index contributed by atoms with van der Waals surface area (Å²) in [6, 6.07) is 5.83. The van der Waals surface area contributed by atoms with Crippen molar-refractivity contribution >= 4 is 33.3 Å². The van der Waals surface area contributed by atoms with Crippen LogP contribution in [0.5, 0.6) is 0 Å². The number of unbranched alkanes of at least 4 members (excludes halogenated alkanes) is 1. The van der Waals surface area contributed by atoms with Crippen molar-refractivity contribution in [2.45, 2.75) is 39.5 Å². The second-order valence-electron chi connectivity index (χ2n) is 5.35. The van der Waals surface area contributed by atoms with Gasteiger partial charge in [-0.05, 0) is 48.6 Å². The van der Waals surface area contributed by atoms with Crippen LogP contribution in [0.15, 0.2) is 35.7 Å². The Kier molecular flexibility index (Phi) is 8.79. The van der Waals surface area contributed by atoms with E-state index < -0.39 is 5.97 Å². The van der Waals surface area contributed by atoms with Crippen molar-refractivity contribution in [2.75, 3.05) is 7.05 Å². The molecular formula is C19H25NO3S. The highest BCUT2D eigenvalue weighted by atomic mass is 32.1. The molecule has 0 aliphatic carbocycles. The highest BCUT2D eigenvalue weighted by Gasteiger charge is 2.10. The van der Waals surface area contributed by atoms with Gasteiger partial charge in [-0.2, -0.15) is 0 Å². The van der Waals surface area contributed by atoms with Crippen LogP contribution in [0, 0.1) is 6.92 Å². The number of thiophene rings is 1. The van der Waals surface area contributed by atoms with Crippen molar-refractivity contribution in [1.29, 1.82) is 0 Å². The van der Waals surface area contributed by atoms with Gasteiger partial charge in [0.25, 0.3) is 5.91 Å². The topological polar surface area (TPSA) is 66.4 Å². The molecule has 4 nitrogen and oxygen atoms in total. The number of carboxylic acids is 1. The third-order valence-electron chi connectivity index (χ3n) is 3.43. The maximum absolute atomic E-state index is 11.5. The zero-order valence-corrected chi connectivity index (χ0v) is 15.3. The highest BCUT2D eigenvalue weighted by Crippen LogP contribution is 2.28. The van der Waals surface area contributed by atoms with Crippen molar-refractivity contribution in [3.63, 3.8) is 0 Å². The van der Waals surface area contributed by atoms with Crippen LogP contribution in [0.3, 0.4) is 0 Å². The van der Waals surface area contributed by atoms with Gasteiger partial charge in [-0.3, -0.25) is 9.59 Å². The molecule has 1 amide bonds. The van der Waals surface area contributed by atoms with Gasteiger partial charge in [0.15, 0.2) is 0 Å². The van der Waals surface area contributed by atoms with Gasteiger partial charge in [0.05, 0.1) is 5.56 Å². The van der Waals surface area contributed by atoms with Crippen LogP contribution in [0.1, 0.15) is 48.5 Å². The molecule has 0 radical (unpaired) electrons. The molecule has 1 heterocycles. The molecule has 0 saturated heterocycles. The average Bonchev–Trinajstić information content (AvgIpc) is 2.96. The lowest BCUT2D eigenvalue weighted by molar-refractivity contribution is -0.137. The summed E-state index contributed by atoms with van der Waals surface area (Å²) >= 11 is 1.62. The van der Waals surface area contributed by atoms with Gasteiger partial charge < -0.3 is 10.4 Å². The predicted molar refractivity (Wildman–Crippen MR) is 101 cm³/mol. The number of benzene rings is 1. The number of carbonyl (C=O) groups excluding carboxylic acids is 1. The first-order valence-electron chi connectivity index (χ1n) is 8.06. The quantitative estimate of drug-likeness (QED) is 0.584. The minimum absolute atomic E-state index is 0.0163. The minimum atomic E-state index is -0.704. The largest absolute Gasteiger partial charge is 0.481 e. The Morgan fingerprint density at radius 2 is 2.04 bits per heavy atom. The molecule has 2 aromatic rings. The fourth-order valence-corrected chi connectivity index (χ4v) is 3.22. The van der Waals surface area contributed by atoms with E-state index in [1.807, 2.05) is 24.3 Å². The smallest absolute Gasteiger partial charge is 0.303 e. The number of fused-ring (bicyclic) bond motifs is 1. The molecule has 1 aromatic carbocycles. The Bertz CT molecular complexity index is 704. The summed E-state index contributed by atoms with van der Waals surface area (Å²) in [6.45, 7) is 4.13. The fraction of sp³-hybridized carbons (Fsp3) is 0.368. The SMILES string of the molecule is CC/C=C\CCCC(=O)O.CNC(=O)c1cccc2c(C)csc12. The van der Waals surface area contributed by atoms with E-state index in [4.69, 9.17) is 5.11 Å². The summed E-state index contributed by atoms with van der Waals surface area (Å²) in [5.74, 6) is -0.720. The maximum Gasteiger partial charge on any atom is 0.303 e. The standard InChI is InChI=1S/C11H11NOS.C8H14O2/c1-7-6-14-10-8(7)4-3-5-9(10)11(13)12-2;1-2-3-4-5-6-7-8(9)10/h3-6H,1-2H3,(H,12,13);3-4H,2,5-7H2,1H3,(H,9,10)/b;4-3-. The van der Waals surface area contributed by atoms with Crippen LogP contribution >= 0.6 is 11.3 Å². The van der Waals surface area contributed by atoms with Crippen LogP contribution in [-0.4, -0.2) is 24.0 Å². The number of carboxylic acid groups (broad SMARTS) is 1. The van der Waals surface area contributed by atoms with E-state index in [9.17, 15) is 9.59 Å². The Balaban J connectivity index is 0.000000257. The monoisotopic (exact) mass is 347 g/mol. The molecule has 0 aliphatic rings. The summed E-state index contributed by atoms with van der Waals surface area (Å²) in [7, 11) is 1.65. The van der Waals surface area contributed by atoms with E-state index in [1.54, 1.807) is 18.4 Å². The number of allylic oxidation sites excluding steroid dienone is 2. The number of hydrogen-bond donors (Lipinski definition) is 2. The molecule has 2 rings (SSSR count). The molecule has 24 heavy (non-hydrogen) atoms. The average molecular weight is 347 g/mol. The molecule has 0 spiro atoms. The zero-order valence-electron chi connectivity index (χ0n) is 14.5. The lowest BCUT2D eigenvalue weighted by Crippen LogP contribution is -2.17. The summed E-state index contributed by atoms with van der Waals surface area (Å²) in [4.78, 5) is 21.5. The van der Waals surface area contributed by atoms with Crippen LogP contribution in [0.2, 0.25) is 0 Å². The molecule has 0 unspecified atom stereocenters. The molecule has 0 bridgehead atoms. The fourth-order valence-electron chi connectivity index (χ4n) is 2.15. The number of hydrogen-bond acceptors (Lipinski definition) is 3. The van der Waals surface area contributed by atoms with Crippen LogP contribution in [-0.2, 0) is 4.79 Å². The van der Waals surface area contributed by atoms with Gasteiger partial charge in [0, 0.05) is 18.2 Å². The van der Waals surface area contributed by atoms with Crippen molar-refractivity contribution in [3.8, 4) is 0 Å². The lowest BCUT2D eigenvalue weighted by atomic mass is 10.1. The van der Waals surface area contributed by atoms with Gasteiger partial charge >= 0.3 is 5.97 Å². The van der Waals surface area contributed by atoms with E-state index in [0.29, 0.717) is 0 Å². The molecule has 0 atom stereocenters. The molecule has 0 saturated carbocycles. The normalized spacial score (nSPS) is 10.5. The van der Waals surface area contributed by atoms with Gasteiger partial charge in [-0.1, -0.05) is 31.2 Å². The van der Waals surface area contributed by atoms with E-state index >= 15 is 0 Å². The van der Waals surface area contributed by atoms with Crippen LogP contribution in [0.4, 0.5) is 0 Å². The number of amides is 1. The van der Waals surface area contributed by atoms with Crippen molar-refractivity contribution < 1.29 is 14.7 Å². The second-order valence-corrected chi connectivity index (χ2v) is 6.23. The van der Waals surface area contributed by atoms with Gasteiger partial charge in [-0.25, -0.2) is 0 Å². The second kappa shape index (κ2) is 10.6. The Labute approximate surface area is 147 Å². The van der Waals surface area contributed by atoms with E-state index in [-0.39, 0.29) is 12.3 Å². The first-order chi connectivity index (χ1) is 11.5. The number of rotatable bonds is 6. The zero-order chi connectivity index (χ0) is 17.9. The summed E-state index contributed by atoms with van der Waals surface area (Å²) in [5.41, 5.74) is 2.00. The molecule has 130 valence electrons. The first-order valence-corrected chi connectivity index (χ1v) is 8.94. The van der Waals surface area contributed by atoms with Crippen LogP contribution < -0.4 is 5.32 Å². The maximum atomic E-state index is 11.5. The number of aliphatic carboxylic acids is 1. The molecule has 2 N–H and O–H groups in total. The Morgan fingerprint density at radius 3 is 2.67 bits per heavy atom. The lowest BCUT2D eigenvalue weighted by Gasteiger charge is -2.00. The molecule has 1 aromatic heterocycles. The third kappa shape index (κ3) is 6.16. The summed E-state index contributed by atoms with van der Waals surface area (Å²) in [5, 5.41) is 14.2. The minimum Gasteiger partial charge on any atom is -0.481 e. The first kappa shape index (κ1) is 19.9. The van der Waals surface area contributed by atoms with E-state index in [0.717, 1.165) is 29.5 Å².